The van der Waals surface area contributed by atoms with Gasteiger partial charge in [0.1, 0.15) is 5.75 Å². The highest BCUT2D eigenvalue weighted by Crippen LogP contribution is 2.43. The number of phenolic OH excluding ortho intramolecular Hbond substituents is 1. The molecule has 5 heteroatoms. The fourth-order valence-electron chi connectivity index (χ4n) is 3.20. The molecule has 114 valence electrons. The first-order chi connectivity index (χ1) is 8.86. The molecule has 1 aliphatic carbocycles. The number of hydrogen-bond donors (Lipinski definition) is 2. The average molecular weight is 319 g/mol. The number of hydrogen-bond acceptors (Lipinski definition) is 3. The lowest BCUT2D eigenvalue weighted by atomic mass is 9.76. The molecule has 1 aliphatic heterocycles. The van der Waals surface area contributed by atoms with E-state index in [2.05, 4.69) is 16.3 Å². The molecule has 0 aromatic heterocycles. The van der Waals surface area contributed by atoms with Gasteiger partial charge in [0.05, 0.1) is 0 Å². The molecule has 0 unspecified atom stereocenters. The maximum atomic E-state index is 10.1. The molecular weight excluding hydrogens is 295 g/mol. The first-order valence-corrected chi connectivity index (χ1v) is 7.09. The smallest absolute Gasteiger partial charge is 0.120 e. The number of halogens is 2. The third-order valence-corrected chi connectivity index (χ3v) is 4.40. The number of phenols is 1. The highest BCUT2D eigenvalue weighted by molar-refractivity contribution is 5.85. The molecule has 0 spiro atoms. The zero-order valence-electron chi connectivity index (χ0n) is 11.6. The van der Waals surface area contributed by atoms with E-state index < -0.39 is 0 Å². The Kier molecular flexibility index (Phi) is 7.10. The molecule has 1 atom stereocenters. The van der Waals surface area contributed by atoms with Crippen molar-refractivity contribution < 1.29 is 5.11 Å². The lowest BCUT2D eigenvalue weighted by Crippen LogP contribution is -2.47. The molecule has 0 bridgehead atoms. The van der Waals surface area contributed by atoms with Crippen LogP contribution in [-0.2, 0) is 0 Å². The maximum Gasteiger partial charge on any atom is 0.120 e. The summed E-state index contributed by atoms with van der Waals surface area (Å²) in [5, 5.41) is 13.5. The summed E-state index contributed by atoms with van der Waals surface area (Å²) in [5.41, 5.74) is 1.13. The molecule has 1 saturated heterocycles. The summed E-state index contributed by atoms with van der Waals surface area (Å²) < 4.78 is 0. The largest absolute Gasteiger partial charge is 0.508 e. The molecule has 1 heterocycles. The first-order valence-electron chi connectivity index (χ1n) is 7.09. The van der Waals surface area contributed by atoms with Gasteiger partial charge in [-0.2, -0.15) is 0 Å². The van der Waals surface area contributed by atoms with Crippen LogP contribution >= 0.6 is 24.8 Å². The van der Waals surface area contributed by atoms with Gasteiger partial charge in [-0.25, -0.2) is 0 Å². The summed E-state index contributed by atoms with van der Waals surface area (Å²) in [7, 11) is 0. The van der Waals surface area contributed by atoms with Crippen molar-refractivity contribution in [2.45, 2.75) is 25.3 Å². The van der Waals surface area contributed by atoms with Crippen molar-refractivity contribution in [2.24, 2.45) is 5.92 Å². The van der Waals surface area contributed by atoms with E-state index in [0.29, 0.717) is 11.8 Å². The van der Waals surface area contributed by atoms with Crippen LogP contribution in [-0.4, -0.2) is 36.2 Å². The van der Waals surface area contributed by atoms with Gasteiger partial charge in [0, 0.05) is 37.8 Å². The molecule has 1 aromatic rings. The Morgan fingerprint density at radius 1 is 1.10 bits per heavy atom. The number of rotatable bonds is 3. The van der Waals surface area contributed by atoms with E-state index in [-0.39, 0.29) is 24.8 Å². The van der Waals surface area contributed by atoms with Crippen molar-refractivity contribution in [1.29, 1.82) is 0 Å². The minimum Gasteiger partial charge on any atom is -0.508 e. The zero-order valence-corrected chi connectivity index (χ0v) is 13.3. The summed E-state index contributed by atoms with van der Waals surface area (Å²) in [6.45, 7) is 4.32. The predicted molar refractivity (Wildman–Crippen MR) is 87.1 cm³/mol. The molecule has 2 fully saturated rings. The SMILES string of the molecule is Cl.Cl.Oc1ccccc1[C@@H](C1CCC1)N1CCNCC1. The highest BCUT2D eigenvalue weighted by Gasteiger charge is 2.34. The van der Waals surface area contributed by atoms with Crippen LogP contribution in [0.1, 0.15) is 30.9 Å². The Hall–Kier alpha value is -0.480. The molecule has 20 heavy (non-hydrogen) atoms. The van der Waals surface area contributed by atoms with Gasteiger partial charge < -0.3 is 10.4 Å². The van der Waals surface area contributed by atoms with Gasteiger partial charge in [-0.15, -0.1) is 24.8 Å². The van der Waals surface area contributed by atoms with Gasteiger partial charge in [-0.05, 0) is 24.8 Å². The summed E-state index contributed by atoms with van der Waals surface area (Å²) in [5.74, 6) is 1.20. The Morgan fingerprint density at radius 2 is 1.75 bits per heavy atom. The number of nitrogens with one attached hydrogen (secondary N) is 1. The topological polar surface area (TPSA) is 35.5 Å². The minimum atomic E-state index is 0. The Balaban J connectivity index is 0.000001000. The van der Waals surface area contributed by atoms with Crippen LogP contribution in [0.25, 0.3) is 0 Å². The number of aromatic hydroxyl groups is 1. The van der Waals surface area contributed by atoms with Crippen LogP contribution in [0.5, 0.6) is 5.75 Å². The Morgan fingerprint density at radius 3 is 2.30 bits per heavy atom. The molecule has 2 N–H and O–H groups in total. The second kappa shape index (κ2) is 8.08. The van der Waals surface area contributed by atoms with Crippen LogP contribution in [0.15, 0.2) is 24.3 Å². The number of nitrogens with zero attached hydrogens (tertiary/aromatic N) is 1. The monoisotopic (exact) mass is 318 g/mol. The maximum absolute atomic E-state index is 10.1. The molecule has 2 aliphatic rings. The van der Waals surface area contributed by atoms with Crippen molar-refractivity contribution >= 4 is 24.8 Å². The third kappa shape index (κ3) is 3.59. The Bertz CT molecular complexity index is 407. The summed E-state index contributed by atoms with van der Waals surface area (Å²) in [4.78, 5) is 2.55. The summed E-state index contributed by atoms with van der Waals surface area (Å²) in [6, 6.07) is 8.29. The van der Waals surface area contributed by atoms with E-state index >= 15 is 0 Å². The highest BCUT2D eigenvalue weighted by atomic mass is 35.5. The van der Waals surface area contributed by atoms with E-state index in [0.717, 1.165) is 37.7 Å². The van der Waals surface area contributed by atoms with Crippen molar-refractivity contribution in [3.8, 4) is 5.75 Å². The predicted octanol–water partition coefficient (Wildman–Crippen LogP) is 2.98. The van der Waals surface area contributed by atoms with Crippen molar-refractivity contribution in [3.63, 3.8) is 0 Å². The fraction of sp³-hybridized carbons (Fsp3) is 0.600. The first kappa shape index (κ1) is 17.6. The van der Waals surface area contributed by atoms with Crippen molar-refractivity contribution in [2.75, 3.05) is 26.2 Å². The number of benzene rings is 1. The van der Waals surface area contributed by atoms with Crippen LogP contribution in [0.4, 0.5) is 0 Å². The van der Waals surface area contributed by atoms with Gasteiger partial charge in [0.25, 0.3) is 0 Å². The standard InChI is InChI=1S/C15H22N2O.2ClH/c18-14-7-2-1-6-13(14)15(12-4-3-5-12)17-10-8-16-9-11-17;;/h1-2,6-7,12,15-16,18H,3-5,8-11H2;2*1H/t15-;;/m1../s1. The molecular formula is C15H24Cl2N2O. The van der Waals surface area contributed by atoms with Crippen LogP contribution in [0, 0.1) is 5.92 Å². The van der Waals surface area contributed by atoms with Crippen LogP contribution < -0.4 is 5.32 Å². The number of piperazine rings is 1. The van der Waals surface area contributed by atoms with Gasteiger partial charge in [0.2, 0.25) is 0 Å². The summed E-state index contributed by atoms with van der Waals surface area (Å²) >= 11 is 0. The molecule has 1 aromatic carbocycles. The van der Waals surface area contributed by atoms with Crippen LogP contribution in [0.3, 0.4) is 0 Å². The second-order valence-corrected chi connectivity index (χ2v) is 5.48. The lowest BCUT2D eigenvalue weighted by Gasteiger charge is -2.43. The minimum absolute atomic E-state index is 0. The molecule has 3 rings (SSSR count). The average Bonchev–Trinajstić information content (AvgIpc) is 2.36. The molecule has 1 saturated carbocycles. The van der Waals surface area contributed by atoms with E-state index in [1.165, 1.54) is 19.3 Å². The normalized spacial score (nSPS) is 21.2. The van der Waals surface area contributed by atoms with Gasteiger partial charge in [0.15, 0.2) is 0 Å². The van der Waals surface area contributed by atoms with Gasteiger partial charge >= 0.3 is 0 Å². The van der Waals surface area contributed by atoms with Crippen LogP contribution in [0.2, 0.25) is 0 Å². The van der Waals surface area contributed by atoms with E-state index in [4.69, 9.17) is 0 Å². The quantitative estimate of drug-likeness (QED) is 0.899. The van der Waals surface area contributed by atoms with Gasteiger partial charge in [-0.1, -0.05) is 24.6 Å². The number of para-hydroxylation sites is 1. The second-order valence-electron chi connectivity index (χ2n) is 5.48. The van der Waals surface area contributed by atoms with Gasteiger partial charge in [-0.3, -0.25) is 4.90 Å². The third-order valence-electron chi connectivity index (χ3n) is 4.40. The summed E-state index contributed by atoms with van der Waals surface area (Å²) in [6.07, 6.45) is 3.96. The molecule has 0 amide bonds. The molecule has 0 radical (unpaired) electrons. The zero-order chi connectivity index (χ0) is 12.4. The van der Waals surface area contributed by atoms with E-state index in [1.54, 1.807) is 0 Å². The van der Waals surface area contributed by atoms with Crippen molar-refractivity contribution in [3.05, 3.63) is 29.8 Å². The Labute approximate surface area is 133 Å². The fourth-order valence-corrected chi connectivity index (χ4v) is 3.20. The molecule has 3 nitrogen and oxygen atoms in total. The van der Waals surface area contributed by atoms with Crippen molar-refractivity contribution in [1.82, 2.24) is 10.2 Å². The van der Waals surface area contributed by atoms with E-state index in [9.17, 15) is 5.11 Å². The van der Waals surface area contributed by atoms with E-state index in [1.807, 2.05) is 18.2 Å². The lowest BCUT2D eigenvalue weighted by molar-refractivity contribution is 0.0819.